The fourth-order valence-corrected chi connectivity index (χ4v) is 4.45. The number of guanidine groups is 1. The molecule has 0 bridgehead atoms. The minimum Gasteiger partial charge on any atom is -0.385 e. The number of methoxy groups -OCH3 is 1. The third-order valence-corrected chi connectivity index (χ3v) is 6.85. The van der Waals surface area contributed by atoms with E-state index in [0.29, 0.717) is 18.0 Å². The number of halogens is 1. The van der Waals surface area contributed by atoms with Crippen LogP contribution in [-0.4, -0.2) is 71.6 Å². The lowest BCUT2D eigenvalue weighted by Gasteiger charge is -2.42. The van der Waals surface area contributed by atoms with Gasteiger partial charge in [-0.25, -0.2) is 4.99 Å². The highest BCUT2D eigenvalue weighted by atomic mass is 127. The third kappa shape index (κ3) is 6.53. The van der Waals surface area contributed by atoms with Crippen molar-refractivity contribution in [1.82, 2.24) is 30.3 Å². The van der Waals surface area contributed by atoms with Crippen LogP contribution in [0.3, 0.4) is 0 Å². The van der Waals surface area contributed by atoms with Crippen molar-refractivity contribution < 1.29 is 4.74 Å². The lowest BCUT2D eigenvalue weighted by molar-refractivity contribution is 0.0732. The first-order valence-electron chi connectivity index (χ1n) is 11.2. The average Bonchev–Trinajstić information content (AvgIpc) is 3.29. The van der Waals surface area contributed by atoms with Crippen molar-refractivity contribution >= 4 is 29.9 Å². The Labute approximate surface area is 198 Å². The van der Waals surface area contributed by atoms with Crippen LogP contribution in [0.2, 0.25) is 0 Å². The van der Waals surface area contributed by atoms with E-state index in [2.05, 4.69) is 32.7 Å². The second kappa shape index (κ2) is 12.2. The quantitative estimate of drug-likeness (QED) is 0.274. The first-order chi connectivity index (χ1) is 14.1. The molecular weight excluding hydrogens is 493 g/mol. The van der Waals surface area contributed by atoms with Crippen molar-refractivity contribution in [3.8, 4) is 0 Å². The summed E-state index contributed by atoms with van der Waals surface area (Å²) in [7, 11) is 3.78. The number of hydrogen-bond acceptors (Lipinski definition) is 5. The molecule has 9 heteroatoms. The van der Waals surface area contributed by atoms with E-state index in [9.17, 15) is 0 Å². The number of aliphatic imine (C=N–C) groups is 1. The van der Waals surface area contributed by atoms with Gasteiger partial charge in [0.2, 0.25) is 0 Å². The van der Waals surface area contributed by atoms with Gasteiger partial charge in [-0.15, -0.1) is 34.2 Å². The van der Waals surface area contributed by atoms with Crippen LogP contribution in [0.5, 0.6) is 0 Å². The van der Waals surface area contributed by atoms with Gasteiger partial charge in [0.25, 0.3) is 0 Å². The normalized spacial score (nSPS) is 21.2. The summed E-state index contributed by atoms with van der Waals surface area (Å²) >= 11 is 0. The minimum atomic E-state index is 0. The molecule has 172 valence electrons. The first kappa shape index (κ1) is 25.3. The molecule has 1 unspecified atom stereocenters. The van der Waals surface area contributed by atoms with Gasteiger partial charge in [-0.05, 0) is 57.5 Å². The second-order valence-corrected chi connectivity index (χ2v) is 8.64. The predicted molar refractivity (Wildman–Crippen MR) is 131 cm³/mol. The number of likely N-dealkylation sites (tertiary alicyclic amines) is 1. The van der Waals surface area contributed by atoms with Gasteiger partial charge in [0, 0.05) is 39.9 Å². The summed E-state index contributed by atoms with van der Waals surface area (Å²) in [6.07, 6.45) is 7.51. The van der Waals surface area contributed by atoms with Crippen molar-refractivity contribution in [1.29, 1.82) is 0 Å². The molecule has 2 fully saturated rings. The van der Waals surface area contributed by atoms with Crippen LogP contribution in [0.1, 0.15) is 57.1 Å². The largest absolute Gasteiger partial charge is 0.385 e. The molecule has 0 amide bonds. The predicted octanol–water partition coefficient (Wildman–Crippen LogP) is 2.47. The number of hydrogen-bond donors (Lipinski definition) is 2. The van der Waals surface area contributed by atoms with Gasteiger partial charge in [0.1, 0.15) is 12.4 Å². The summed E-state index contributed by atoms with van der Waals surface area (Å²) in [6, 6.07) is 0.593. The average molecular weight is 534 g/mol. The Morgan fingerprint density at radius 3 is 2.67 bits per heavy atom. The molecule has 0 spiro atoms. The molecule has 0 aromatic carbocycles. The van der Waals surface area contributed by atoms with E-state index in [1.165, 1.54) is 38.6 Å². The van der Waals surface area contributed by atoms with Crippen LogP contribution in [0, 0.1) is 12.3 Å². The number of nitrogens with zero attached hydrogens (tertiary/aromatic N) is 5. The lowest BCUT2D eigenvalue weighted by atomic mass is 9.67. The van der Waals surface area contributed by atoms with Crippen molar-refractivity contribution in [2.24, 2.45) is 17.5 Å². The fourth-order valence-electron chi connectivity index (χ4n) is 4.45. The molecule has 1 aliphatic heterocycles. The molecule has 1 saturated heterocycles. The van der Waals surface area contributed by atoms with Crippen LogP contribution in [-0.2, 0) is 18.3 Å². The zero-order valence-corrected chi connectivity index (χ0v) is 21.4. The van der Waals surface area contributed by atoms with E-state index in [-0.39, 0.29) is 24.0 Å². The Kier molecular flexibility index (Phi) is 10.3. The molecule has 1 aromatic heterocycles. The smallest absolute Gasteiger partial charge is 0.191 e. The molecule has 30 heavy (non-hydrogen) atoms. The molecule has 1 saturated carbocycles. The van der Waals surface area contributed by atoms with Gasteiger partial charge < -0.3 is 19.9 Å². The molecule has 3 rings (SSSR count). The van der Waals surface area contributed by atoms with Gasteiger partial charge >= 0.3 is 0 Å². The summed E-state index contributed by atoms with van der Waals surface area (Å²) in [5.74, 6) is 2.69. The van der Waals surface area contributed by atoms with Crippen LogP contribution in [0.25, 0.3) is 0 Å². The number of nitrogens with one attached hydrogen (secondary N) is 2. The second-order valence-electron chi connectivity index (χ2n) is 8.64. The van der Waals surface area contributed by atoms with Gasteiger partial charge in [0.05, 0.1) is 0 Å². The minimum absolute atomic E-state index is 0. The summed E-state index contributed by atoms with van der Waals surface area (Å²) in [4.78, 5) is 7.40. The molecule has 2 heterocycles. The van der Waals surface area contributed by atoms with Crippen molar-refractivity contribution in [3.05, 3.63) is 11.6 Å². The molecule has 8 nitrogen and oxygen atoms in total. The molecular formula is C21H40IN7O. The number of likely N-dealkylation sites (N-methyl/N-ethyl adjacent to an activating group) is 1. The van der Waals surface area contributed by atoms with Gasteiger partial charge in [-0.3, -0.25) is 4.90 Å². The van der Waals surface area contributed by atoms with Gasteiger partial charge in [-0.2, -0.15) is 0 Å². The molecule has 1 aliphatic carbocycles. The summed E-state index contributed by atoms with van der Waals surface area (Å²) in [5.41, 5.74) is 0.350. The van der Waals surface area contributed by atoms with E-state index in [4.69, 9.17) is 9.73 Å². The van der Waals surface area contributed by atoms with E-state index in [1.54, 1.807) is 7.11 Å². The van der Waals surface area contributed by atoms with Crippen LogP contribution < -0.4 is 10.6 Å². The standard InChI is InChI=1S/C21H39N7O.HI/c1-5-28-12-6-8-18(28)14-22-20(23-15-19-26-25-17(2)27(19)3)24-16-21(9-7-10-21)11-13-29-4;/h18H,5-16H2,1-4H3,(H2,22,23,24);1H. The number of ether oxygens (including phenoxy) is 1. The van der Waals surface area contributed by atoms with E-state index in [1.807, 2.05) is 18.5 Å². The number of aryl methyl sites for hydroxylation is 1. The summed E-state index contributed by atoms with van der Waals surface area (Å²) in [5, 5.41) is 15.6. The van der Waals surface area contributed by atoms with Crippen LogP contribution >= 0.6 is 24.0 Å². The zero-order valence-electron chi connectivity index (χ0n) is 19.1. The SMILES string of the molecule is CCN1CCCC1CNC(=NCc1nnc(C)n1C)NCC1(CCOC)CCC1.I. The summed E-state index contributed by atoms with van der Waals surface area (Å²) < 4.78 is 7.35. The van der Waals surface area contributed by atoms with E-state index < -0.39 is 0 Å². The Hall–Kier alpha value is -0.940. The van der Waals surface area contributed by atoms with Crippen molar-refractivity contribution in [2.75, 3.05) is 39.9 Å². The van der Waals surface area contributed by atoms with Crippen molar-refractivity contribution in [3.63, 3.8) is 0 Å². The summed E-state index contributed by atoms with van der Waals surface area (Å²) in [6.45, 7) is 9.77. The third-order valence-electron chi connectivity index (χ3n) is 6.85. The molecule has 2 aliphatic rings. The van der Waals surface area contributed by atoms with Crippen LogP contribution in [0.15, 0.2) is 4.99 Å². The highest BCUT2D eigenvalue weighted by Gasteiger charge is 2.36. The topological polar surface area (TPSA) is 79.6 Å². The maximum atomic E-state index is 5.34. The van der Waals surface area contributed by atoms with E-state index >= 15 is 0 Å². The molecule has 2 N–H and O–H groups in total. The Morgan fingerprint density at radius 2 is 2.07 bits per heavy atom. The number of aromatic nitrogens is 3. The number of rotatable bonds is 10. The lowest BCUT2D eigenvalue weighted by Crippen LogP contribution is -2.49. The maximum Gasteiger partial charge on any atom is 0.191 e. The van der Waals surface area contributed by atoms with Crippen LogP contribution in [0.4, 0.5) is 0 Å². The van der Waals surface area contributed by atoms with E-state index in [0.717, 1.165) is 50.3 Å². The highest BCUT2D eigenvalue weighted by molar-refractivity contribution is 14.0. The zero-order chi connectivity index (χ0) is 20.7. The molecule has 1 atom stereocenters. The maximum absolute atomic E-state index is 5.34. The fraction of sp³-hybridized carbons (Fsp3) is 0.857. The Morgan fingerprint density at radius 1 is 1.27 bits per heavy atom. The molecule has 0 radical (unpaired) electrons. The molecule has 1 aromatic rings. The Bertz CT molecular complexity index is 674. The first-order valence-corrected chi connectivity index (χ1v) is 11.2. The van der Waals surface area contributed by atoms with Gasteiger partial charge in [0.15, 0.2) is 11.8 Å². The monoisotopic (exact) mass is 533 g/mol. The van der Waals surface area contributed by atoms with Crippen molar-refractivity contribution in [2.45, 2.75) is 65.0 Å². The Balaban J connectivity index is 0.00000320. The van der Waals surface area contributed by atoms with Gasteiger partial charge in [-0.1, -0.05) is 13.3 Å². The highest BCUT2D eigenvalue weighted by Crippen LogP contribution is 2.43.